The van der Waals surface area contributed by atoms with Crippen LogP contribution in [0.2, 0.25) is 0 Å². The molecule has 0 amide bonds. The molecule has 2 aromatic rings. The minimum Gasteiger partial charge on any atom is -0.457 e. The highest BCUT2D eigenvalue weighted by Crippen LogP contribution is 2.31. The smallest absolute Gasteiger partial charge is 0.132 e. The van der Waals surface area contributed by atoms with E-state index in [0.717, 1.165) is 17.0 Å². The summed E-state index contributed by atoms with van der Waals surface area (Å²) in [4.78, 5) is 2.01. The molecule has 1 N–H and O–H groups in total. The zero-order chi connectivity index (χ0) is 15.4. The number of hydrogen-bond acceptors (Lipinski definition) is 3. The fourth-order valence-corrected chi connectivity index (χ4v) is 2.06. The van der Waals surface area contributed by atoms with Crippen molar-refractivity contribution in [2.45, 2.75) is 13.0 Å². The number of nitrogens with one attached hydrogen (secondary N) is 1. The zero-order valence-electron chi connectivity index (χ0n) is 12.9. The number of hydrogen-bond donors (Lipinski definition) is 1. The molecule has 0 aliphatic rings. The molecule has 0 saturated heterocycles. The highest BCUT2D eigenvalue weighted by Gasteiger charge is 2.12. The van der Waals surface area contributed by atoms with Gasteiger partial charge in [0.1, 0.15) is 17.3 Å². The third-order valence-electron chi connectivity index (χ3n) is 3.43. The maximum absolute atomic E-state index is 13.5. The summed E-state index contributed by atoms with van der Waals surface area (Å²) in [5, 5.41) is 3.11. The molecular formula is C17H21FN2O. The van der Waals surface area contributed by atoms with Gasteiger partial charge in [-0.2, -0.15) is 0 Å². The molecule has 4 heteroatoms. The Kier molecular flexibility index (Phi) is 4.81. The van der Waals surface area contributed by atoms with Gasteiger partial charge in [-0.15, -0.1) is 0 Å². The van der Waals surface area contributed by atoms with E-state index < -0.39 is 0 Å². The molecule has 0 heterocycles. The Hall–Kier alpha value is -2.07. The van der Waals surface area contributed by atoms with Gasteiger partial charge in [-0.25, -0.2) is 4.39 Å². The lowest BCUT2D eigenvalue weighted by Crippen LogP contribution is -2.13. The van der Waals surface area contributed by atoms with Crippen molar-refractivity contribution < 1.29 is 9.13 Å². The van der Waals surface area contributed by atoms with Crippen LogP contribution in [0.4, 0.5) is 10.1 Å². The molecule has 1 unspecified atom stereocenters. The Balaban J connectivity index is 2.33. The predicted molar refractivity (Wildman–Crippen MR) is 84.7 cm³/mol. The first-order chi connectivity index (χ1) is 10.0. The lowest BCUT2D eigenvalue weighted by Gasteiger charge is -2.18. The Morgan fingerprint density at radius 3 is 2.57 bits per heavy atom. The SMILES string of the molecule is CNC(C)c1cc(F)ccc1Oc1cccc(N(C)C)c1. The lowest BCUT2D eigenvalue weighted by molar-refractivity contribution is 0.463. The summed E-state index contributed by atoms with van der Waals surface area (Å²) in [5.74, 6) is 1.13. The number of benzene rings is 2. The molecule has 112 valence electrons. The molecule has 21 heavy (non-hydrogen) atoms. The van der Waals surface area contributed by atoms with Crippen molar-refractivity contribution in [3.63, 3.8) is 0 Å². The van der Waals surface area contributed by atoms with E-state index in [4.69, 9.17) is 4.74 Å². The van der Waals surface area contributed by atoms with Crippen molar-refractivity contribution in [2.24, 2.45) is 0 Å². The average Bonchev–Trinajstić information content (AvgIpc) is 2.48. The van der Waals surface area contributed by atoms with E-state index >= 15 is 0 Å². The first kappa shape index (κ1) is 15.3. The number of rotatable bonds is 5. The summed E-state index contributed by atoms with van der Waals surface area (Å²) >= 11 is 0. The van der Waals surface area contributed by atoms with Crippen LogP contribution in [-0.2, 0) is 0 Å². The molecule has 0 aliphatic carbocycles. The summed E-state index contributed by atoms with van der Waals surface area (Å²) in [6, 6.07) is 12.4. The van der Waals surface area contributed by atoms with Crippen LogP contribution >= 0.6 is 0 Å². The minimum absolute atomic E-state index is 0.00716. The van der Waals surface area contributed by atoms with Crippen molar-refractivity contribution in [3.05, 3.63) is 53.8 Å². The molecule has 0 radical (unpaired) electrons. The fourth-order valence-electron chi connectivity index (χ4n) is 2.06. The Bertz CT molecular complexity index is 613. The normalized spacial score (nSPS) is 12.0. The summed E-state index contributed by atoms with van der Waals surface area (Å²) in [5.41, 5.74) is 1.85. The second-order valence-corrected chi connectivity index (χ2v) is 5.19. The average molecular weight is 288 g/mol. The van der Waals surface area contributed by atoms with Gasteiger partial charge in [0.15, 0.2) is 0 Å². The van der Waals surface area contributed by atoms with Gasteiger partial charge < -0.3 is 15.0 Å². The first-order valence-electron chi connectivity index (χ1n) is 6.93. The molecule has 2 rings (SSSR count). The van der Waals surface area contributed by atoms with Crippen molar-refractivity contribution in [3.8, 4) is 11.5 Å². The van der Waals surface area contributed by atoms with Gasteiger partial charge in [0.2, 0.25) is 0 Å². The van der Waals surface area contributed by atoms with Crippen LogP contribution in [-0.4, -0.2) is 21.1 Å². The van der Waals surface area contributed by atoms with E-state index in [1.807, 2.05) is 57.2 Å². The monoisotopic (exact) mass is 288 g/mol. The number of ether oxygens (including phenoxy) is 1. The van der Waals surface area contributed by atoms with Gasteiger partial charge in [0.05, 0.1) is 0 Å². The van der Waals surface area contributed by atoms with Gasteiger partial charge in [-0.1, -0.05) is 6.07 Å². The van der Waals surface area contributed by atoms with E-state index in [0.29, 0.717) is 5.75 Å². The van der Waals surface area contributed by atoms with Crippen LogP contribution in [0.5, 0.6) is 11.5 Å². The van der Waals surface area contributed by atoms with Crippen molar-refractivity contribution in [1.29, 1.82) is 0 Å². The van der Waals surface area contributed by atoms with Gasteiger partial charge in [-0.05, 0) is 44.3 Å². The molecule has 0 spiro atoms. The quantitative estimate of drug-likeness (QED) is 0.901. The van der Waals surface area contributed by atoms with Crippen LogP contribution < -0.4 is 15.0 Å². The van der Waals surface area contributed by atoms with Gasteiger partial charge in [0, 0.05) is 37.5 Å². The molecule has 0 bridgehead atoms. The summed E-state index contributed by atoms with van der Waals surface area (Å²) in [7, 11) is 5.79. The summed E-state index contributed by atoms with van der Waals surface area (Å²) in [6.07, 6.45) is 0. The van der Waals surface area contributed by atoms with Crippen LogP contribution in [0.25, 0.3) is 0 Å². The first-order valence-corrected chi connectivity index (χ1v) is 6.93. The van der Waals surface area contributed by atoms with E-state index in [2.05, 4.69) is 5.32 Å². The van der Waals surface area contributed by atoms with Crippen molar-refractivity contribution >= 4 is 5.69 Å². The predicted octanol–water partition coefficient (Wildman–Crippen LogP) is 3.96. The Morgan fingerprint density at radius 1 is 1.14 bits per heavy atom. The largest absolute Gasteiger partial charge is 0.457 e. The van der Waals surface area contributed by atoms with Crippen molar-refractivity contribution in [1.82, 2.24) is 5.32 Å². The number of nitrogens with zero attached hydrogens (tertiary/aromatic N) is 1. The van der Waals surface area contributed by atoms with Crippen LogP contribution in [0.1, 0.15) is 18.5 Å². The van der Waals surface area contributed by atoms with Crippen LogP contribution in [0, 0.1) is 5.82 Å². The van der Waals surface area contributed by atoms with Crippen molar-refractivity contribution in [2.75, 3.05) is 26.0 Å². The third-order valence-corrected chi connectivity index (χ3v) is 3.43. The molecule has 0 saturated carbocycles. The molecule has 0 aromatic heterocycles. The Morgan fingerprint density at radius 2 is 1.90 bits per heavy atom. The summed E-state index contributed by atoms with van der Waals surface area (Å²) in [6.45, 7) is 1.97. The van der Waals surface area contributed by atoms with E-state index in [9.17, 15) is 4.39 Å². The summed E-state index contributed by atoms with van der Waals surface area (Å²) < 4.78 is 19.4. The number of halogens is 1. The maximum atomic E-state index is 13.5. The standard InChI is InChI=1S/C17H21FN2O/c1-12(19-2)16-10-13(18)8-9-17(16)21-15-7-5-6-14(11-15)20(3)4/h5-12,19H,1-4H3. The molecule has 3 nitrogen and oxygen atoms in total. The lowest BCUT2D eigenvalue weighted by atomic mass is 10.1. The fraction of sp³-hybridized carbons (Fsp3) is 0.294. The van der Waals surface area contributed by atoms with E-state index in [-0.39, 0.29) is 11.9 Å². The molecule has 0 fully saturated rings. The second-order valence-electron chi connectivity index (χ2n) is 5.19. The second kappa shape index (κ2) is 6.59. The van der Waals surface area contributed by atoms with E-state index in [1.54, 1.807) is 6.07 Å². The van der Waals surface area contributed by atoms with Crippen LogP contribution in [0.3, 0.4) is 0 Å². The Labute approximate surface area is 125 Å². The third kappa shape index (κ3) is 3.73. The maximum Gasteiger partial charge on any atom is 0.132 e. The van der Waals surface area contributed by atoms with Gasteiger partial charge in [-0.3, -0.25) is 0 Å². The zero-order valence-corrected chi connectivity index (χ0v) is 12.9. The highest BCUT2D eigenvalue weighted by molar-refractivity contribution is 5.51. The topological polar surface area (TPSA) is 24.5 Å². The highest BCUT2D eigenvalue weighted by atomic mass is 19.1. The van der Waals surface area contributed by atoms with Gasteiger partial charge >= 0.3 is 0 Å². The van der Waals surface area contributed by atoms with E-state index in [1.165, 1.54) is 12.1 Å². The molecular weight excluding hydrogens is 267 g/mol. The van der Waals surface area contributed by atoms with Gasteiger partial charge in [0.25, 0.3) is 0 Å². The minimum atomic E-state index is -0.263. The molecule has 2 aromatic carbocycles. The molecule has 1 atom stereocenters. The number of anilines is 1. The van der Waals surface area contributed by atoms with Crippen LogP contribution in [0.15, 0.2) is 42.5 Å². The molecule has 0 aliphatic heterocycles.